The van der Waals surface area contributed by atoms with Crippen LogP contribution in [0.5, 0.6) is 5.75 Å². The molecule has 1 aliphatic heterocycles. The molecule has 0 radical (unpaired) electrons. The van der Waals surface area contributed by atoms with Crippen LogP contribution >= 0.6 is 11.8 Å². The number of carbonyl (C=O) groups excluding carboxylic acids is 2. The van der Waals surface area contributed by atoms with Gasteiger partial charge in [-0.3, -0.25) is 9.69 Å². The molecule has 3 aromatic rings. The van der Waals surface area contributed by atoms with Crippen molar-refractivity contribution in [2.75, 3.05) is 28.4 Å². The summed E-state index contributed by atoms with van der Waals surface area (Å²) in [6, 6.07) is 20.0. The number of hydrogen-bond donors (Lipinski definition) is 2. The van der Waals surface area contributed by atoms with Gasteiger partial charge in [0.25, 0.3) is 0 Å². The van der Waals surface area contributed by atoms with E-state index in [1.54, 1.807) is 67.8 Å². The second-order valence-corrected chi connectivity index (χ2v) is 7.88. The van der Waals surface area contributed by atoms with Gasteiger partial charge in [-0.2, -0.15) is 0 Å². The van der Waals surface area contributed by atoms with Crippen molar-refractivity contribution in [1.82, 2.24) is 0 Å². The second kappa shape index (κ2) is 9.09. The molecule has 0 bridgehead atoms. The first kappa shape index (κ1) is 20.7. The molecule has 0 saturated carbocycles. The lowest BCUT2D eigenvalue weighted by Crippen LogP contribution is -2.28. The van der Waals surface area contributed by atoms with Crippen LogP contribution in [0.2, 0.25) is 0 Å². The van der Waals surface area contributed by atoms with Crippen molar-refractivity contribution in [2.45, 2.75) is 5.37 Å². The third-order valence-corrected chi connectivity index (χ3v) is 5.95. The number of nitrogens with zero attached hydrogens (tertiary/aromatic N) is 1. The number of amides is 3. The van der Waals surface area contributed by atoms with Gasteiger partial charge in [-0.25, -0.2) is 9.18 Å². The van der Waals surface area contributed by atoms with E-state index in [0.29, 0.717) is 17.1 Å². The summed E-state index contributed by atoms with van der Waals surface area (Å²) in [6.07, 6.45) is 0. The molecule has 1 saturated heterocycles. The van der Waals surface area contributed by atoms with Crippen LogP contribution in [0.15, 0.2) is 72.8 Å². The van der Waals surface area contributed by atoms with Crippen molar-refractivity contribution in [3.8, 4) is 5.75 Å². The first-order chi connectivity index (χ1) is 15.0. The number of halogens is 1. The third-order valence-electron chi connectivity index (χ3n) is 4.74. The van der Waals surface area contributed by atoms with E-state index in [1.165, 1.54) is 22.7 Å². The van der Waals surface area contributed by atoms with Gasteiger partial charge in [0.1, 0.15) is 16.9 Å². The minimum absolute atomic E-state index is 0.158. The number of methoxy groups -OCH3 is 1. The topological polar surface area (TPSA) is 70.7 Å². The number of thioether (sulfide) groups is 1. The van der Waals surface area contributed by atoms with Crippen LogP contribution in [-0.2, 0) is 4.79 Å². The van der Waals surface area contributed by atoms with E-state index in [0.717, 1.165) is 5.56 Å². The molecular weight excluding hydrogens is 417 g/mol. The molecule has 158 valence electrons. The fourth-order valence-corrected chi connectivity index (χ4v) is 4.50. The predicted octanol–water partition coefficient (Wildman–Crippen LogP) is 5.26. The summed E-state index contributed by atoms with van der Waals surface area (Å²) >= 11 is 1.42. The molecule has 6 nitrogen and oxygen atoms in total. The maximum absolute atomic E-state index is 14.3. The molecule has 0 spiro atoms. The summed E-state index contributed by atoms with van der Waals surface area (Å²) < 4.78 is 19.5. The lowest BCUT2D eigenvalue weighted by atomic mass is 10.1. The van der Waals surface area contributed by atoms with E-state index < -0.39 is 11.8 Å². The van der Waals surface area contributed by atoms with Crippen LogP contribution in [0, 0.1) is 5.82 Å². The summed E-state index contributed by atoms with van der Waals surface area (Å²) in [6.45, 7) is 0. The van der Waals surface area contributed by atoms with E-state index >= 15 is 0 Å². The van der Waals surface area contributed by atoms with Gasteiger partial charge < -0.3 is 15.4 Å². The minimum Gasteiger partial charge on any atom is -0.497 e. The summed E-state index contributed by atoms with van der Waals surface area (Å²) in [5, 5.41) is 5.16. The van der Waals surface area contributed by atoms with E-state index in [-0.39, 0.29) is 22.7 Å². The zero-order chi connectivity index (χ0) is 21.8. The van der Waals surface area contributed by atoms with Gasteiger partial charge >= 0.3 is 6.03 Å². The molecule has 1 heterocycles. The Morgan fingerprint density at radius 2 is 1.74 bits per heavy atom. The lowest BCUT2D eigenvalue weighted by Gasteiger charge is -2.25. The number of nitrogens with one attached hydrogen (secondary N) is 2. The van der Waals surface area contributed by atoms with Crippen LogP contribution in [-0.4, -0.2) is 24.8 Å². The second-order valence-electron chi connectivity index (χ2n) is 6.82. The number of anilines is 3. The molecule has 1 fully saturated rings. The fraction of sp³-hybridized carbons (Fsp3) is 0.130. The highest BCUT2D eigenvalue weighted by Gasteiger charge is 2.35. The van der Waals surface area contributed by atoms with Gasteiger partial charge in [0, 0.05) is 17.4 Å². The van der Waals surface area contributed by atoms with Crippen molar-refractivity contribution in [3.63, 3.8) is 0 Å². The Hall–Kier alpha value is -3.52. The summed E-state index contributed by atoms with van der Waals surface area (Å²) in [5.41, 5.74) is 2.19. The Bertz CT molecular complexity index is 1120. The van der Waals surface area contributed by atoms with Crippen LogP contribution < -0.4 is 20.3 Å². The van der Waals surface area contributed by atoms with Crippen molar-refractivity contribution in [2.24, 2.45) is 0 Å². The molecule has 2 N–H and O–H groups in total. The van der Waals surface area contributed by atoms with E-state index in [4.69, 9.17) is 4.74 Å². The molecule has 1 atom stereocenters. The molecule has 0 aromatic heterocycles. The summed E-state index contributed by atoms with van der Waals surface area (Å²) in [7, 11) is 1.56. The number of rotatable bonds is 5. The Morgan fingerprint density at radius 3 is 2.48 bits per heavy atom. The van der Waals surface area contributed by atoms with E-state index in [2.05, 4.69) is 10.6 Å². The minimum atomic E-state index is -0.449. The number of hydrogen-bond acceptors (Lipinski definition) is 4. The molecular formula is C23H20FN3O3S. The normalized spacial score (nSPS) is 15.6. The highest BCUT2D eigenvalue weighted by molar-refractivity contribution is 8.00. The predicted molar refractivity (Wildman–Crippen MR) is 121 cm³/mol. The molecule has 1 aliphatic rings. The highest BCUT2D eigenvalue weighted by Crippen LogP contribution is 2.42. The van der Waals surface area contributed by atoms with Gasteiger partial charge in [-0.05, 0) is 42.0 Å². The van der Waals surface area contributed by atoms with Gasteiger partial charge in [0.15, 0.2) is 0 Å². The molecule has 8 heteroatoms. The highest BCUT2D eigenvalue weighted by atomic mass is 32.2. The molecule has 0 aliphatic carbocycles. The van der Waals surface area contributed by atoms with Gasteiger partial charge in [0.05, 0.1) is 18.6 Å². The number of urea groups is 1. The summed E-state index contributed by atoms with van der Waals surface area (Å²) in [4.78, 5) is 26.4. The third kappa shape index (κ3) is 4.64. The van der Waals surface area contributed by atoms with E-state index in [9.17, 15) is 14.0 Å². The van der Waals surface area contributed by atoms with Crippen LogP contribution in [0.25, 0.3) is 0 Å². The Kier molecular flexibility index (Phi) is 6.08. The fourth-order valence-electron chi connectivity index (χ4n) is 3.34. The molecule has 4 rings (SSSR count). The summed E-state index contributed by atoms with van der Waals surface area (Å²) in [5.74, 6) is 0.285. The van der Waals surface area contributed by atoms with E-state index in [1.807, 2.05) is 6.07 Å². The Morgan fingerprint density at radius 1 is 1.03 bits per heavy atom. The SMILES string of the molecule is COc1cccc(NC(=O)Nc2cccc(C3SCC(=O)N3c3ccccc3F)c2)c1. The van der Waals surface area contributed by atoms with Crippen LogP contribution in [0.4, 0.5) is 26.2 Å². The zero-order valence-corrected chi connectivity index (χ0v) is 17.5. The van der Waals surface area contributed by atoms with Crippen LogP contribution in [0.3, 0.4) is 0 Å². The first-order valence-electron chi connectivity index (χ1n) is 9.55. The number of carbonyl (C=O) groups is 2. The van der Waals surface area contributed by atoms with Crippen molar-refractivity contribution < 1.29 is 18.7 Å². The molecule has 1 unspecified atom stereocenters. The zero-order valence-electron chi connectivity index (χ0n) is 16.7. The van der Waals surface area contributed by atoms with Crippen molar-refractivity contribution in [3.05, 3.63) is 84.2 Å². The van der Waals surface area contributed by atoms with Crippen LogP contribution in [0.1, 0.15) is 10.9 Å². The molecule has 3 amide bonds. The van der Waals surface area contributed by atoms with Gasteiger partial charge in [0.2, 0.25) is 5.91 Å². The maximum atomic E-state index is 14.3. The first-order valence-corrected chi connectivity index (χ1v) is 10.6. The number of para-hydroxylation sites is 1. The van der Waals surface area contributed by atoms with Gasteiger partial charge in [-0.15, -0.1) is 11.8 Å². The standard InChI is InChI=1S/C23H20FN3O3S/c1-30-18-9-5-8-17(13-18)26-23(29)25-16-7-4-6-15(12-16)22-27(21(28)14-31-22)20-11-3-2-10-19(20)24/h2-13,22H,14H2,1H3,(H2,25,26,29). The van der Waals surface area contributed by atoms with Crippen molar-refractivity contribution in [1.29, 1.82) is 0 Å². The maximum Gasteiger partial charge on any atom is 0.323 e. The Labute approximate surface area is 183 Å². The quantitative estimate of drug-likeness (QED) is 0.571. The average molecular weight is 437 g/mol. The molecule has 31 heavy (non-hydrogen) atoms. The smallest absolute Gasteiger partial charge is 0.323 e. The molecule has 3 aromatic carbocycles. The monoisotopic (exact) mass is 437 g/mol. The Balaban J connectivity index is 1.52. The lowest BCUT2D eigenvalue weighted by molar-refractivity contribution is -0.115. The average Bonchev–Trinajstić information content (AvgIpc) is 3.15. The number of benzene rings is 3. The largest absolute Gasteiger partial charge is 0.497 e. The number of ether oxygens (including phenoxy) is 1. The van der Waals surface area contributed by atoms with Crippen molar-refractivity contribution >= 4 is 40.8 Å². The van der Waals surface area contributed by atoms with Gasteiger partial charge in [-0.1, -0.05) is 30.3 Å².